The van der Waals surface area contributed by atoms with Gasteiger partial charge in [0.25, 0.3) is 11.8 Å². The van der Waals surface area contributed by atoms with Gasteiger partial charge in [0, 0.05) is 25.3 Å². The Labute approximate surface area is 202 Å². The van der Waals surface area contributed by atoms with Gasteiger partial charge in [-0.2, -0.15) is 0 Å². The standard InChI is InChI=1S/C25H27N3O7/c1-26-23(29)11-16-5-6-18-22(35-16)12-32-19-8-4-15(10-17(19)25(31)28(18)2)27-24(30)14-3-7-20-21(9-14)34-13-33-20/h3-4,7-10,16,18,22H,5-6,11-13H2,1-2H3,(H,26,29)(H,27,30)/t16-,18-,22-/m1/s1. The van der Waals surface area contributed by atoms with E-state index in [0.29, 0.717) is 46.9 Å². The summed E-state index contributed by atoms with van der Waals surface area (Å²) in [5, 5.41) is 5.45. The summed E-state index contributed by atoms with van der Waals surface area (Å²) in [5.41, 5.74) is 1.25. The van der Waals surface area contributed by atoms with E-state index in [2.05, 4.69) is 10.6 Å². The number of amides is 3. The van der Waals surface area contributed by atoms with Crippen LogP contribution in [0.25, 0.3) is 0 Å². The van der Waals surface area contributed by atoms with Crippen molar-refractivity contribution < 1.29 is 33.3 Å². The maximum atomic E-state index is 13.4. The van der Waals surface area contributed by atoms with Crippen LogP contribution in [-0.4, -0.2) is 68.4 Å². The maximum Gasteiger partial charge on any atom is 0.257 e. The van der Waals surface area contributed by atoms with Crippen molar-refractivity contribution in [3.63, 3.8) is 0 Å². The van der Waals surface area contributed by atoms with Gasteiger partial charge in [-0.15, -0.1) is 0 Å². The summed E-state index contributed by atoms with van der Waals surface area (Å²) in [7, 11) is 3.34. The molecule has 10 heteroatoms. The molecule has 3 amide bonds. The Morgan fingerprint density at radius 3 is 2.66 bits per heavy atom. The average molecular weight is 482 g/mol. The Balaban J connectivity index is 1.32. The number of hydrogen-bond acceptors (Lipinski definition) is 7. The number of carbonyl (C=O) groups is 3. The van der Waals surface area contributed by atoms with E-state index in [4.69, 9.17) is 18.9 Å². The van der Waals surface area contributed by atoms with Crippen LogP contribution >= 0.6 is 0 Å². The molecule has 2 N–H and O–H groups in total. The summed E-state index contributed by atoms with van der Waals surface area (Å²) < 4.78 is 22.7. The molecule has 0 bridgehead atoms. The van der Waals surface area contributed by atoms with Crippen LogP contribution in [0.2, 0.25) is 0 Å². The molecule has 0 unspecified atom stereocenters. The van der Waals surface area contributed by atoms with Crippen LogP contribution in [0.15, 0.2) is 36.4 Å². The van der Waals surface area contributed by atoms with Crippen LogP contribution in [0.5, 0.6) is 17.2 Å². The van der Waals surface area contributed by atoms with Gasteiger partial charge >= 0.3 is 0 Å². The monoisotopic (exact) mass is 481 g/mol. The third kappa shape index (κ3) is 4.61. The molecule has 0 radical (unpaired) electrons. The largest absolute Gasteiger partial charge is 0.490 e. The first-order valence-corrected chi connectivity index (χ1v) is 11.5. The minimum atomic E-state index is -0.342. The molecule has 10 nitrogen and oxygen atoms in total. The highest BCUT2D eigenvalue weighted by atomic mass is 16.7. The lowest BCUT2D eigenvalue weighted by molar-refractivity contribution is -0.133. The number of fused-ring (bicyclic) bond motifs is 3. The third-order valence-electron chi connectivity index (χ3n) is 6.60. The fourth-order valence-corrected chi connectivity index (χ4v) is 4.66. The van der Waals surface area contributed by atoms with Crippen LogP contribution < -0.4 is 24.8 Å². The van der Waals surface area contributed by atoms with Crippen LogP contribution in [0, 0.1) is 0 Å². The lowest BCUT2D eigenvalue weighted by atomic mass is 9.94. The molecule has 2 aromatic rings. The summed E-state index contributed by atoms with van der Waals surface area (Å²) in [5.74, 6) is 0.894. The van der Waals surface area contributed by atoms with E-state index in [0.717, 1.165) is 0 Å². The number of likely N-dealkylation sites (N-methyl/N-ethyl adjacent to an activating group) is 1. The van der Waals surface area contributed by atoms with Crippen molar-refractivity contribution in [1.29, 1.82) is 0 Å². The van der Waals surface area contributed by atoms with Gasteiger partial charge < -0.3 is 34.5 Å². The Kier molecular flexibility index (Phi) is 6.21. The highest BCUT2D eigenvalue weighted by molar-refractivity contribution is 6.06. The van der Waals surface area contributed by atoms with Crippen LogP contribution in [0.1, 0.15) is 40.0 Å². The number of nitrogens with one attached hydrogen (secondary N) is 2. The number of hydrogen-bond donors (Lipinski definition) is 2. The predicted molar refractivity (Wildman–Crippen MR) is 125 cm³/mol. The van der Waals surface area contributed by atoms with Crippen molar-refractivity contribution in [3.05, 3.63) is 47.5 Å². The highest BCUT2D eigenvalue weighted by Crippen LogP contribution is 2.34. The van der Waals surface area contributed by atoms with Gasteiger partial charge in [0.05, 0.1) is 24.1 Å². The number of carbonyl (C=O) groups excluding carboxylic acids is 3. The Hall–Kier alpha value is -3.79. The Morgan fingerprint density at radius 2 is 1.83 bits per heavy atom. The average Bonchev–Trinajstić information content (AvgIpc) is 3.34. The first-order valence-electron chi connectivity index (χ1n) is 11.5. The smallest absolute Gasteiger partial charge is 0.257 e. The molecule has 3 atom stereocenters. The fraction of sp³-hybridized carbons (Fsp3) is 0.400. The zero-order valence-electron chi connectivity index (χ0n) is 19.5. The second kappa shape index (κ2) is 9.46. The van der Waals surface area contributed by atoms with E-state index in [9.17, 15) is 14.4 Å². The number of nitrogens with zero attached hydrogens (tertiary/aromatic N) is 1. The van der Waals surface area contributed by atoms with Gasteiger partial charge in [-0.05, 0) is 49.2 Å². The normalized spacial score (nSPS) is 22.7. The van der Waals surface area contributed by atoms with Crippen molar-refractivity contribution in [2.75, 3.05) is 32.8 Å². The zero-order valence-corrected chi connectivity index (χ0v) is 19.5. The van der Waals surface area contributed by atoms with Crippen LogP contribution in [0.3, 0.4) is 0 Å². The van der Waals surface area contributed by atoms with E-state index < -0.39 is 0 Å². The minimum Gasteiger partial charge on any atom is -0.490 e. The predicted octanol–water partition coefficient (Wildman–Crippen LogP) is 2.18. The van der Waals surface area contributed by atoms with Gasteiger partial charge in [-0.1, -0.05) is 0 Å². The third-order valence-corrected chi connectivity index (χ3v) is 6.60. The van der Waals surface area contributed by atoms with E-state index in [1.807, 2.05) is 0 Å². The summed E-state index contributed by atoms with van der Waals surface area (Å²) in [6.45, 7) is 0.380. The number of anilines is 1. The molecular formula is C25H27N3O7. The first kappa shape index (κ1) is 23.0. The quantitative estimate of drug-likeness (QED) is 0.688. The Morgan fingerprint density at radius 1 is 1.03 bits per heavy atom. The van der Waals surface area contributed by atoms with Crippen LogP contribution in [-0.2, 0) is 9.53 Å². The molecule has 3 aliphatic heterocycles. The summed E-state index contributed by atoms with van der Waals surface area (Å²) in [6.07, 6.45) is 1.10. The van der Waals surface area contributed by atoms with Crippen molar-refractivity contribution in [2.24, 2.45) is 0 Å². The van der Waals surface area contributed by atoms with E-state index in [1.54, 1.807) is 55.4 Å². The van der Waals surface area contributed by atoms with Crippen molar-refractivity contribution in [2.45, 2.75) is 37.5 Å². The number of rotatable bonds is 4. The van der Waals surface area contributed by atoms with E-state index in [1.165, 1.54) is 0 Å². The second-order valence-corrected chi connectivity index (χ2v) is 8.78. The molecule has 5 rings (SSSR count). The molecule has 1 fully saturated rings. The number of benzene rings is 2. The molecular weight excluding hydrogens is 454 g/mol. The topological polar surface area (TPSA) is 115 Å². The maximum absolute atomic E-state index is 13.4. The van der Waals surface area contributed by atoms with Crippen LogP contribution in [0.4, 0.5) is 5.69 Å². The van der Waals surface area contributed by atoms with Gasteiger partial charge in [0.15, 0.2) is 11.5 Å². The van der Waals surface area contributed by atoms with Gasteiger partial charge in [-0.25, -0.2) is 0 Å². The molecule has 3 aliphatic rings. The first-order chi connectivity index (χ1) is 16.9. The summed E-state index contributed by atoms with van der Waals surface area (Å²) in [4.78, 5) is 39.6. The molecule has 35 heavy (non-hydrogen) atoms. The zero-order chi connectivity index (χ0) is 24.5. The molecule has 2 aromatic carbocycles. The number of ether oxygens (including phenoxy) is 4. The van der Waals surface area contributed by atoms with Crippen molar-refractivity contribution >= 4 is 23.4 Å². The van der Waals surface area contributed by atoms with Gasteiger partial charge in [0.1, 0.15) is 18.5 Å². The summed E-state index contributed by atoms with van der Waals surface area (Å²) in [6, 6.07) is 9.76. The SMILES string of the molecule is CNC(=O)C[C@H]1CC[C@@H]2[C@@H](COc3ccc(NC(=O)c4ccc5c(c4)OCO5)cc3C(=O)N2C)O1. The molecule has 0 saturated carbocycles. The molecule has 1 saturated heterocycles. The van der Waals surface area contributed by atoms with Crippen molar-refractivity contribution in [1.82, 2.24) is 10.2 Å². The molecule has 0 aromatic heterocycles. The molecule has 3 heterocycles. The highest BCUT2D eigenvalue weighted by Gasteiger charge is 2.39. The fourth-order valence-electron chi connectivity index (χ4n) is 4.66. The van der Waals surface area contributed by atoms with E-state index >= 15 is 0 Å². The Bertz CT molecular complexity index is 1170. The minimum absolute atomic E-state index is 0.0784. The lowest BCUT2D eigenvalue weighted by Gasteiger charge is -2.42. The molecule has 0 spiro atoms. The summed E-state index contributed by atoms with van der Waals surface area (Å²) >= 11 is 0. The van der Waals surface area contributed by atoms with Crippen molar-refractivity contribution in [3.8, 4) is 17.2 Å². The lowest BCUT2D eigenvalue weighted by Crippen LogP contribution is -2.53. The molecule has 0 aliphatic carbocycles. The van der Waals surface area contributed by atoms with E-state index in [-0.39, 0.29) is 55.8 Å². The van der Waals surface area contributed by atoms with Gasteiger partial charge in [-0.3, -0.25) is 14.4 Å². The molecule has 184 valence electrons. The van der Waals surface area contributed by atoms with Gasteiger partial charge in [0.2, 0.25) is 12.7 Å². The second-order valence-electron chi connectivity index (χ2n) is 8.78.